The van der Waals surface area contributed by atoms with Gasteiger partial charge in [0.1, 0.15) is 5.82 Å². The molecule has 0 bridgehead atoms. The van der Waals surface area contributed by atoms with E-state index in [1.54, 1.807) is 6.92 Å². The number of rotatable bonds is 0. The highest BCUT2D eigenvalue weighted by Crippen LogP contribution is 2.10. The van der Waals surface area contributed by atoms with Crippen molar-refractivity contribution in [3.05, 3.63) is 29.6 Å². The lowest BCUT2D eigenvalue weighted by Gasteiger charge is -1.92. The lowest BCUT2D eigenvalue weighted by Crippen LogP contribution is -1.79. The molecular formula is C7H6FN. The molecule has 1 aromatic rings. The van der Waals surface area contributed by atoms with E-state index in [0.717, 1.165) is 0 Å². The lowest BCUT2D eigenvalue weighted by molar-refractivity contribution is 0.618. The summed E-state index contributed by atoms with van der Waals surface area (Å²) in [5, 5.41) is 0. The molecular weight excluding hydrogens is 117 g/mol. The van der Waals surface area contributed by atoms with Crippen LogP contribution in [0.5, 0.6) is 0 Å². The zero-order chi connectivity index (χ0) is 6.85. The largest absolute Gasteiger partial charge is 0.207 e. The van der Waals surface area contributed by atoms with Crippen LogP contribution in [0, 0.1) is 12.7 Å². The minimum atomic E-state index is -0.284. The van der Waals surface area contributed by atoms with Crippen molar-refractivity contribution in [2.24, 2.45) is 0 Å². The van der Waals surface area contributed by atoms with Gasteiger partial charge in [-0.05, 0) is 30.7 Å². The summed E-state index contributed by atoms with van der Waals surface area (Å²) in [4.78, 5) is 0. The molecule has 0 amide bonds. The minimum absolute atomic E-state index is 0.105. The summed E-state index contributed by atoms with van der Waals surface area (Å²) in [5.74, 6) is -0.284. The highest BCUT2D eigenvalue weighted by Gasteiger charge is 1.94. The zero-order valence-electron chi connectivity index (χ0n) is 5.06. The van der Waals surface area contributed by atoms with E-state index in [1.165, 1.54) is 18.2 Å². The Morgan fingerprint density at radius 2 is 2.11 bits per heavy atom. The van der Waals surface area contributed by atoms with Crippen molar-refractivity contribution in [1.82, 2.24) is 5.73 Å². The average molecular weight is 123 g/mol. The van der Waals surface area contributed by atoms with Gasteiger partial charge in [-0.2, -0.15) is 5.73 Å². The van der Waals surface area contributed by atoms with Gasteiger partial charge < -0.3 is 0 Å². The summed E-state index contributed by atoms with van der Waals surface area (Å²) in [5.41, 5.74) is 9.34. The molecule has 0 N–H and O–H groups in total. The second kappa shape index (κ2) is 2.05. The van der Waals surface area contributed by atoms with E-state index in [9.17, 15) is 4.39 Å². The minimum Gasteiger partial charge on any atom is -0.207 e. The fraction of sp³-hybridized carbons (Fsp3) is 0.143. The van der Waals surface area contributed by atoms with Crippen LogP contribution < -0.4 is 5.73 Å². The number of benzene rings is 1. The van der Waals surface area contributed by atoms with Crippen molar-refractivity contribution < 1.29 is 4.39 Å². The second-order valence-electron chi connectivity index (χ2n) is 1.93. The number of halogens is 1. The monoisotopic (exact) mass is 123 g/mol. The van der Waals surface area contributed by atoms with Gasteiger partial charge >= 0.3 is 0 Å². The Balaban J connectivity index is 3.17. The molecule has 9 heavy (non-hydrogen) atoms. The summed E-state index contributed by atoms with van der Waals surface area (Å²) < 4.78 is 12.4. The van der Waals surface area contributed by atoms with Crippen molar-refractivity contribution >= 4 is 5.69 Å². The van der Waals surface area contributed by atoms with Crippen LogP contribution >= 0.6 is 0 Å². The first-order valence-electron chi connectivity index (χ1n) is 2.65. The number of nitrogens with zero attached hydrogens (tertiary/aromatic N) is 1. The Morgan fingerprint density at radius 3 is 2.56 bits per heavy atom. The molecule has 0 spiro atoms. The predicted octanol–water partition coefficient (Wildman–Crippen LogP) is 1.83. The van der Waals surface area contributed by atoms with E-state index in [4.69, 9.17) is 5.73 Å². The average Bonchev–Trinajstić information content (AvgIpc) is 1.80. The fourth-order valence-corrected chi connectivity index (χ4v) is 0.629. The number of hydrogen-bond donors (Lipinski definition) is 0. The van der Waals surface area contributed by atoms with Crippen LogP contribution in [-0.2, 0) is 0 Å². The van der Waals surface area contributed by atoms with E-state index >= 15 is 0 Å². The number of aryl methyl sites for hydroxylation is 1. The van der Waals surface area contributed by atoms with Gasteiger partial charge in [0.25, 0.3) is 0 Å². The molecule has 1 rings (SSSR count). The maximum absolute atomic E-state index is 12.4. The third kappa shape index (κ3) is 1.19. The Labute approximate surface area is 53.3 Å². The number of hydrogen-bond acceptors (Lipinski definition) is 0. The molecule has 0 aromatic heterocycles. The first-order chi connectivity index (χ1) is 4.20. The molecule has 0 fully saturated rings. The Kier molecular flexibility index (Phi) is 1.39. The molecule has 1 aromatic carbocycles. The summed E-state index contributed by atoms with van der Waals surface area (Å²) in [6, 6.07) is 3.95. The molecule has 0 atom stereocenters. The van der Waals surface area contributed by atoms with Gasteiger partial charge in [0.15, 0.2) is 0 Å². The van der Waals surface area contributed by atoms with Crippen molar-refractivity contribution in [3.8, 4) is 0 Å². The smallest absolute Gasteiger partial charge is 0.126 e. The van der Waals surface area contributed by atoms with Gasteiger partial charge in [0.05, 0.1) is 5.69 Å². The molecule has 0 aliphatic heterocycles. The summed E-state index contributed by atoms with van der Waals surface area (Å²) >= 11 is 0. The van der Waals surface area contributed by atoms with Crippen LogP contribution in [0.1, 0.15) is 5.56 Å². The maximum Gasteiger partial charge on any atom is 0.126 e. The van der Waals surface area contributed by atoms with Crippen molar-refractivity contribution in [1.29, 1.82) is 0 Å². The molecule has 0 saturated carbocycles. The van der Waals surface area contributed by atoms with Crippen molar-refractivity contribution in [2.75, 3.05) is 0 Å². The SMILES string of the molecule is Cc1cc([N])ccc1F. The first kappa shape index (κ1) is 6.08. The normalized spacial score (nSPS) is 9.56. The third-order valence-electron chi connectivity index (χ3n) is 1.14. The molecule has 0 saturated heterocycles. The van der Waals surface area contributed by atoms with Gasteiger partial charge in [-0.1, -0.05) is 0 Å². The maximum atomic E-state index is 12.4. The highest BCUT2D eigenvalue weighted by molar-refractivity contribution is 5.37. The summed E-state index contributed by atoms with van der Waals surface area (Å²) in [7, 11) is 0. The first-order valence-corrected chi connectivity index (χ1v) is 2.65. The van der Waals surface area contributed by atoms with Crippen LogP contribution in [-0.4, -0.2) is 0 Å². The van der Waals surface area contributed by atoms with E-state index in [-0.39, 0.29) is 11.5 Å². The lowest BCUT2D eigenvalue weighted by atomic mass is 10.2. The molecule has 0 heterocycles. The molecule has 2 radical (unpaired) electrons. The fourth-order valence-electron chi connectivity index (χ4n) is 0.629. The van der Waals surface area contributed by atoms with Crippen LogP contribution in [0.25, 0.3) is 0 Å². The Bertz CT molecular complexity index is 220. The third-order valence-corrected chi connectivity index (χ3v) is 1.14. The second-order valence-corrected chi connectivity index (χ2v) is 1.93. The van der Waals surface area contributed by atoms with Gasteiger partial charge in [-0.15, -0.1) is 0 Å². The molecule has 0 unspecified atom stereocenters. The van der Waals surface area contributed by atoms with E-state index in [2.05, 4.69) is 0 Å². The van der Waals surface area contributed by atoms with Gasteiger partial charge in [-0.3, -0.25) is 0 Å². The predicted molar refractivity (Wildman–Crippen MR) is 32.9 cm³/mol. The standard InChI is InChI=1S/C7H6FN/c1-5-4-6(9)2-3-7(5)8/h2-4H,1H3. The van der Waals surface area contributed by atoms with E-state index < -0.39 is 0 Å². The van der Waals surface area contributed by atoms with Gasteiger partial charge in [0.2, 0.25) is 0 Å². The molecule has 0 aliphatic rings. The highest BCUT2D eigenvalue weighted by atomic mass is 19.1. The van der Waals surface area contributed by atoms with Crippen LogP contribution in [0.4, 0.5) is 10.1 Å². The van der Waals surface area contributed by atoms with Crippen molar-refractivity contribution in [2.45, 2.75) is 6.92 Å². The van der Waals surface area contributed by atoms with Crippen LogP contribution in [0.2, 0.25) is 0 Å². The van der Waals surface area contributed by atoms with E-state index in [0.29, 0.717) is 5.56 Å². The summed E-state index contributed by atoms with van der Waals surface area (Å²) in [6.07, 6.45) is 0. The summed E-state index contributed by atoms with van der Waals surface area (Å²) in [6.45, 7) is 1.61. The van der Waals surface area contributed by atoms with Gasteiger partial charge in [-0.25, -0.2) is 4.39 Å². The van der Waals surface area contributed by atoms with Crippen LogP contribution in [0.3, 0.4) is 0 Å². The molecule has 0 aliphatic carbocycles. The Hall–Kier alpha value is -1.05. The van der Waals surface area contributed by atoms with Gasteiger partial charge in [0, 0.05) is 0 Å². The topological polar surface area (TPSA) is 22.3 Å². The quantitative estimate of drug-likeness (QED) is 0.502. The molecule has 2 heteroatoms. The zero-order valence-corrected chi connectivity index (χ0v) is 5.06. The van der Waals surface area contributed by atoms with Crippen molar-refractivity contribution in [3.63, 3.8) is 0 Å². The molecule has 1 nitrogen and oxygen atoms in total. The van der Waals surface area contributed by atoms with Crippen LogP contribution in [0.15, 0.2) is 18.2 Å². The Morgan fingerprint density at radius 1 is 1.44 bits per heavy atom. The molecule has 46 valence electrons. The van der Waals surface area contributed by atoms with E-state index in [1.807, 2.05) is 0 Å².